The van der Waals surface area contributed by atoms with E-state index < -0.39 is 17.8 Å². The van der Waals surface area contributed by atoms with Gasteiger partial charge in [0.15, 0.2) is 5.43 Å². The van der Waals surface area contributed by atoms with Crippen LogP contribution in [0.5, 0.6) is 0 Å². The number of aliphatic hydroxyl groups is 1. The highest BCUT2D eigenvalue weighted by molar-refractivity contribution is 9.10. The maximum atomic E-state index is 14.4. The number of amides is 1. The second-order valence-electron chi connectivity index (χ2n) is 5.96. The van der Waals surface area contributed by atoms with Crippen molar-refractivity contribution in [3.63, 3.8) is 0 Å². The van der Waals surface area contributed by atoms with Crippen LogP contribution >= 0.6 is 15.9 Å². The highest BCUT2D eigenvalue weighted by Crippen LogP contribution is 2.38. The van der Waals surface area contributed by atoms with Gasteiger partial charge in [-0.15, -0.1) is 0 Å². The van der Waals surface area contributed by atoms with Gasteiger partial charge in [0, 0.05) is 16.6 Å². The summed E-state index contributed by atoms with van der Waals surface area (Å²) in [7, 11) is 0. The lowest BCUT2D eigenvalue weighted by molar-refractivity contribution is 0.0689. The maximum absolute atomic E-state index is 14.4. The summed E-state index contributed by atoms with van der Waals surface area (Å²) >= 11 is 3.32. The summed E-state index contributed by atoms with van der Waals surface area (Å²) in [5.41, 5.74) is 0.182. The van der Waals surface area contributed by atoms with E-state index in [9.17, 15) is 19.1 Å². The molecule has 0 spiro atoms. The van der Waals surface area contributed by atoms with E-state index in [1.807, 2.05) is 0 Å². The van der Waals surface area contributed by atoms with Gasteiger partial charge in [0.2, 0.25) is 5.76 Å². The quantitative estimate of drug-likeness (QED) is 0.709. The van der Waals surface area contributed by atoms with E-state index in [-0.39, 0.29) is 41.1 Å². The Bertz CT molecular complexity index is 1090. The molecule has 0 unspecified atom stereocenters. The molecule has 132 valence electrons. The first-order valence-corrected chi connectivity index (χ1v) is 8.74. The third kappa shape index (κ3) is 2.47. The molecule has 0 fully saturated rings. The molecular formula is C19H13BrFNO4. The van der Waals surface area contributed by atoms with Gasteiger partial charge >= 0.3 is 0 Å². The highest BCUT2D eigenvalue weighted by atomic mass is 79.9. The number of benzene rings is 2. The van der Waals surface area contributed by atoms with E-state index in [2.05, 4.69) is 15.9 Å². The molecule has 2 heterocycles. The van der Waals surface area contributed by atoms with Crippen molar-refractivity contribution in [1.82, 2.24) is 4.90 Å². The fourth-order valence-corrected chi connectivity index (χ4v) is 3.71. The fraction of sp³-hybridized carbons (Fsp3) is 0.158. The summed E-state index contributed by atoms with van der Waals surface area (Å²) in [5.74, 6) is -1.18. The van der Waals surface area contributed by atoms with Crippen LogP contribution in [-0.4, -0.2) is 29.1 Å². The molecule has 1 aliphatic rings. The molecule has 7 heteroatoms. The maximum Gasteiger partial charge on any atom is 0.290 e. The number of rotatable bonds is 3. The first-order chi connectivity index (χ1) is 12.5. The predicted octanol–water partition coefficient (Wildman–Crippen LogP) is 3.23. The number of β-amino-alcohol motifs (C(OH)–C–C–N with tert-alkyl or cyclic N) is 1. The van der Waals surface area contributed by atoms with Crippen molar-refractivity contribution in [3.05, 3.63) is 79.9 Å². The predicted molar refractivity (Wildman–Crippen MR) is 96.5 cm³/mol. The third-order valence-electron chi connectivity index (χ3n) is 4.47. The molecule has 0 saturated carbocycles. The summed E-state index contributed by atoms with van der Waals surface area (Å²) in [4.78, 5) is 27.2. The lowest BCUT2D eigenvalue weighted by Crippen LogP contribution is -2.32. The van der Waals surface area contributed by atoms with E-state index in [1.165, 1.54) is 23.1 Å². The second kappa shape index (κ2) is 6.34. The molecule has 4 rings (SSSR count). The Hall–Kier alpha value is -2.51. The van der Waals surface area contributed by atoms with Gasteiger partial charge in [-0.25, -0.2) is 4.39 Å². The summed E-state index contributed by atoms with van der Waals surface area (Å²) in [6.07, 6.45) is 0. The molecule has 26 heavy (non-hydrogen) atoms. The van der Waals surface area contributed by atoms with E-state index in [4.69, 9.17) is 4.42 Å². The largest absolute Gasteiger partial charge is 0.450 e. The van der Waals surface area contributed by atoms with Crippen molar-refractivity contribution in [2.24, 2.45) is 0 Å². The first kappa shape index (κ1) is 16.9. The average molecular weight is 418 g/mol. The molecule has 1 atom stereocenters. The Morgan fingerprint density at radius 2 is 1.96 bits per heavy atom. The zero-order valence-corrected chi connectivity index (χ0v) is 15.0. The molecule has 0 aliphatic carbocycles. The van der Waals surface area contributed by atoms with Crippen LogP contribution in [-0.2, 0) is 0 Å². The van der Waals surface area contributed by atoms with Crippen LogP contribution in [0.15, 0.2) is 56.1 Å². The molecule has 0 bridgehead atoms. The second-order valence-corrected chi connectivity index (χ2v) is 6.88. The highest BCUT2D eigenvalue weighted by Gasteiger charge is 2.43. The van der Waals surface area contributed by atoms with E-state index in [0.717, 1.165) is 0 Å². The van der Waals surface area contributed by atoms with E-state index in [1.54, 1.807) is 24.3 Å². The van der Waals surface area contributed by atoms with Crippen LogP contribution in [0.25, 0.3) is 11.0 Å². The van der Waals surface area contributed by atoms with Crippen molar-refractivity contribution in [1.29, 1.82) is 0 Å². The van der Waals surface area contributed by atoms with E-state index in [0.29, 0.717) is 9.86 Å². The van der Waals surface area contributed by atoms with Gasteiger partial charge in [0.05, 0.1) is 23.6 Å². The number of fused-ring (bicyclic) bond motifs is 2. The Kier molecular flexibility index (Phi) is 4.13. The number of nitrogens with zero attached hydrogens (tertiary/aromatic N) is 1. The number of hydrogen-bond donors (Lipinski definition) is 1. The smallest absolute Gasteiger partial charge is 0.290 e. The zero-order chi connectivity index (χ0) is 18.4. The van der Waals surface area contributed by atoms with Crippen LogP contribution in [0.1, 0.15) is 27.7 Å². The number of halogens is 2. The zero-order valence-electron chi connectivity index (χ0n) is 13.4. The molecular weight excluding hydrogens is 405 g/mol. The van der Waals surface area contributed by atoms with Crippen molar-refractivity contribution < 1.29 is 18.7 Å². The van der Waals surface area contributed by atoms with Gasteiger partial charge in [-0.3, -0.25) is 9.59 Å². The van der Waals surface area contributed by atoms with Gasteiger partial charge in [-0.1, -0.05) is 34.1 Å². The first-order valence-electron chi connectivity index (χ1n) is 7.95. The molecule has 1 aromatic heterocycles. The molecule has 0 saturated heterocycles. The summed E-state index contributed by atoms with van der Waals surface area (Å²) < 4.78 is 20.8. The molecule has 0 radical (unpaired) electrons. The SMILES string of the molecule is O=C1c2oc3ccc(Br)cc3c(=O)c2[C@@H](c2ccccc2F)N1CCO. The van der Waals surface area contributed by atoms with Crippen LogP contribution < -0.4 is 5.43 Å². The number of aliphatic hydroxyl groups excluding tert-OH is 1. The number of hydrogen-bond acceptors (Lipinski definition) is 4. The van der Waals surface area contributed by atoms with Gasteiger partial charge in [0.1, 0.15) is 11.4 Å². The average Bonchev–Trinajstić information content (AvgIpc) is 2.89. The third-order valence-corrected chi connectivity index (χ3v) is 4.96. The molecule has 2 aromatic carbocycles. The fourth-order valence-electron chi connectivity index (χ4n) is 3.35. The minimum absolute atomic E-state index is 0.0402. The van der Waals surface area contributed by atoms with Crippen molar-refractivity contribution in [3.8, 4) is 0 Å². The van der Waals surface area contributed by atoms with Gasteiger partial charge in [0.25, 0.3) is 5.91 Å². The van der Waals surface area contributed by atoms with E-state index >= 15 is 0 Å². The number of carbonyl (C=O) groups is 1. The standard InChI is InChI=1S/C19H13BrFNO4/c20-10-5-6-14-12(9-10)17(24)15-16(11-3-1-2-4-13(11)21)22(7-8-23)19(25)18(15)26-14/h1-6,9,16,23H,7-8H2/t16-/m1/s1. The Morgan fingerprint density at radius 1 is 1.19 bits per heavy atom. The monoisotopic (exact) mass is 417 g/mol. The van der Waals surface area contributed by atoms with Gasteiger partial charge in [-0.2, -0.15) is 0 Å². The van der Waals surface area contributed by atoms with Crippen LogP contribution in [0.4, 0.5) is 4.39 Å². The normalized spacial score (nSPS) is 16.3. The van der Waals surface area contributed by atoms with Crippen LogP contribution in [0.2, 0.25) is 0 Å². The lowest BCUT2D eigenvalue weighted by atomic mass is 9.98. The van der Waals surface area contributed by atoms with Crippen LogP contribution in [0.3, 0.4) is 0 Å². The van der Waals surface area contributed by atoms with Crippen molar-refractivity contribution >= 4 is 32.8 Å². The molecule has 1 amide bonds. The number of carbonyl (C=O) groups excluding carboxylic acids is 1. The topological polar surface area (TPSA) is 70.8 Å². The molecule has 1 aliphatic heterocycles. The molecule has 1 N–H and O–H groups in total. The van der Waals surface area contributed by atoms with Gasteiger partial charge < -0.3 is 14.4 Å². The Balaban J connectivity index is 2.05. The minimum atomic E-state index is -0.939. The lowest BCUT2D eigenvalue weighted by Gasteiger charge is -2.24. The van der Waals surface area contributed by atoms with Crippen LogP contribution in [0, 0.1) is 5.82 Å². The minimum Gasteiger partial charge on any atom is -0.450 e. The Labute approximate surface area is 155 Å². The summed E-state index contributed by atoms with van der Waals surface area (Å²) in [6.45, 7) is -0.356. The summed E-state index contributed by atoms with van der Waals surface area (Å²) in [5, 5.41) is 9.65. The summed E-state index contributed by atoms with van der Waals surface area (Å²) in [6, 6.07) is 9.94. The Morgan fingerprint density at radius 3 is 2.69 bits per heavy atom. The van der Waals surface area contributed by atoms with Crippen molar-refractivity contribution in [2.75, 3.05) is 13.2 Å². The van der Waals surface area contributed by atoms with Crippen molar-refractivity contribution in [2.45, 2.75) is 6.04 Å². The van der Waals surface area contributed by atoms with Gasteiger partial charge in [-0.05, 0) is 24.3 Å². The molecule has 5 nitrogen and oxygen atoms in total. The molecule has 3 aromatic rings.